The molecule has 0 saturated carbocycles. The number of hydrogen-bond acceptors (Lipinski definition) is 1. The van der Waals surface area contributed by atoms with Gasteiger partial charge >= 0.3 is 0 Å². The first-order chi connectivity index (χ1) is 5.83. The van der Waals surface area contributed by atoms with Crippen molar-refractivity contribution in [2.45, 2.75) is 46.5 Å². The zero-order valence-corrected chi connectivity index (χ0v) is 9.27. The van der Waals surface area contributed by atoms with Gasteiger partial charge in [-0.3, -0.25) is 0 Å². The van der Waals surface area contributed by atoms with Gasteiger partial charge in [0, 0.05) is 6.54 Å². The molecule has 1 atom stereocenters. The normalized spacial score (nSPS) is 24.5. The summed E-state index contributed by atoms with van der Waals surface area (Å²) in [7, 11) is 2.24. The third-order valence-corrected chi connectivity index (χ3v) is 2.42. The molecule has 0 N–H and O–H groups in total. The van der Waals surface area contributed by atoms with Crippen LogP contribution in [0.4, 0.5) is 0 Å². The maximum atomic E-state index is 2.46. The molecule has 12 heavy (non-hydrogen) atoms. The number of rotatable bonds is 2. The summed E-state index contributed by atoms with van der Waals surface area (Å²) in [6, 6.07) is 0. The molecular weight excluding hydrogens is 146 g/mol. The molecule has 0 aliphatic carbocycles. The second kappa shape index (κ2) is 7.60. The van der Waals surface area contributed by atoms with Crippen molar-refractivity contribution >= 4 is 0 Å². The highest BCUT2D eigenvalue weighted by atomic mass is 15.1. The molecule has 74 valence electrons. The fraction of sp³-hybridized carbons (Fsp3) is 1.00. The monoisotopic (exact) mass is 171 g/mol. The molecule has 1 nitrogen and oxygen atoms in total. The maximum absolute atomic E-state index is 2.46. The van der Waals surface area contributed by atoms with Crippen LogP contribution in [0, 0.1) is 5.92 Å². The van der Waals surface area contributed by atoms with Gasteiger partial charge in [0.15, 0.2) is 0 Å². The molecule has 1 fully saturated rings. The lowest BCUT2D eigenvalue weighted by Crippen LogP contribution is -2.31. The minimum atomic E-state index is 1.00. The molecule has 1 heterocycles. The average Bonchev–Trinajstić information content (AvgIpc) is 2.09. The van der Waals surface area contributed by atoms with Gasteiger partial charge in [-0.05, 0) is 38.8 Å². The summed E-state index contributed by atoms with van der Waals surface area (Å²) >= 11 is 0. The third-order valence-electron chi connectivity index (χ3n) is 2.42. The number of piperidine rings is 1. The number of hydrogen-bond donors (Lipinski definition) is 0. The fourth-order valence-electron chi connectivity index (χ4n) is 1.92. The average molecular weight is 171 g/mol. The van der Waals surface area contributed by atoms with Crippen LogP contribution in [0.1, 0.15) is 46.5 Å². The van der Waals surface area contributed by atoms with Crippen LogP contribution in [-0.4, -0.2) is 25.0 Å². The Morgan fingerprint density at radius 3 is 2.50 bits per heavy atom. The zero-order valence-electron chi connectivity index (χ0n) is 9.27. The van der Waals surface area contributed by atoms with Crippen molar-refractivity contribution in [3.05, 3.63) is 0 Å². The minimum Gasteiger partial charge on any atom is -0.306 e. The Labute approximate surface area is 78.1 Å². The molecule has 1 aliphatic heterocycles. The summed E-state index contributed by atoms with van der Waals surface area (Å²) in [4.78, 5) is 2.46. The summed E-state index contributed by atoms with van der Waals surface area (Å²) in [6.45, 7) is 8.95. The lowest BCUT2D eigenvalue weighted by atomic mass is 9.94. The molecule has 1 aliphatic rings. The van der Waals surface area contributed by atoms with Crippen LogP contribution < -0.4 is 0 Å². The van der Waals surface area contributed by atoms with E-state index in [-0.39, 0.29) is 0 Å². The topological polar surface area (TPSA) is 3.24 Å². The van der Waals surface area contributed by atoms with Crippen molar-refractivity contribution in [3.63, 3.8) is 0 Å². The molecule has 1 heteroatoms. The predicted molar refractivity (Wildman–Crippen MR) is 56.5 cm³/mol. The molecule has 1 unspecified atom stereocenters. The van der Waals surface area contributed by atoms with Crippen LogP contribution in [0.2, 0.25) is 0 Å². The van der Waals surface area contributed by atoms with Crippen molar-refractivity contribution < 1.29 is 0 Å². The van der Waals surface area contributed by atoms with Gasteiger partial charge in [-0.1, -0.05) is 27.2 Å². The van der Waals surface area contributed by atoms with Crippen LogP contribution in [-0.2, 0) is 0 Å². The highest BCUT2D eigenvalue weighted by molar-refractivity contribution is 4.69. The number of nitrogens with zero attached hydrogens (tertiary/aromatic N) is 1. The fourth-order valence-corrected chi connectivity index (χ4v) is 1.92. The Balaban J connectivity index is 0.000000561. The van der Waals surface area contributed by atoms with Crippen molar-refractivity contribution in [3.8, 4) is 0 Å². The van der Waals surface area contributed by atoms with E-state index in [0.29, 0.717) is 0 Å². The minimum absolute atomic E-state index is 1.00. The SMILES string of the molecule is CC.CCCC1CCCN(C)C1. The van der Waals surface area contributed by atoms with Crippen LogP contribution >= 0.6 is 0 Å². The van der Waals surface area contributed by atoms with E-state index in [2.05, 4.69) is 18.9 Å². The van der Waals surface area contributed by atoms with Crippen LogP contribution in [0.5, 0.6) is 0 Å². The largest absolute Gasteiger partial charge is 0.306 e. The second-order valence-corrected chi connectivity index (χ2v) is 3.56. The summed E-state index contributed by atoms with van der Waals surface area (Å²) in [5.74, 6) is 1.00. The molecule has 0 aromatic rings. The van der Waals surface area contributed by atoms with E-state index in [4.69, 9.17) is 0 Å². The lowest BCUT2D eigenvalue weighted by molar-refractivity contribution is 0.201. The molecule has 0 amide bonds. The van der Waals surface area contributed by atoms with E-state index in [0.717, 1.165) is 5.92 Å². The van der Waals surface area contributed by atoms with Gasteiger partial charge in [-0.15, -0.1) is 0 Å². The summed E-state index contributed by atoms with van der Waals surface area (Å²) < 4.78 is 0. The van der Waals surface area contributed by atoms with Gasteiger partial charge in [-0.25, -0.2) is 0 Å². The predicted octanol–water partition coefficient (Wildman–Crippen LogP) is 3.15. The first-order valence-corrected chi connectivity index (χ1v) is 5.51. The summed E-state index contributed by atoms with van der Waals surface area (Å²) in [6.07, 6.45) is 5.68. The third kappa shape index (κ3) is 4.76. The Kier molecular flexibility index (Phi) is 7.58. The van der Waals surface area contributed by atoms with Crippen LogP contribution in [0.25, 0.3) is 0 Å². The van der Waals surface area contributed by atoms with E-state index in [1.165, 1.54) is 38.8 Å². The van der Waals surface area contributed by atoms with Gasteiger partial charge in [-0.2, -0.15) is 0 Å². The smallest absolute Gasteiger partial charge is 0.000661 e. The number of likely N-dealkylation sites (tertiary alicyclic amines) is 1. The van der Waals surface area contributed by atoms with E-state index in [1.54, 1.807) is 0 Å². The molecule has 0 aromatic carbocycles. The molecular formula is C11H25N. The molecule has 0 aromatic heterocycles. The Hall–Kier alpha value is -0.0400. The van der Waals surface area contributed by atoms with Gasteiger partial charge < -0.3 is 4.90 Å². The van der Waals surface area contributed by atoms with E-state index >= 15 is 0 Å². The Bertz CT molecular complexity index is 89.0. The van der Waals surface area contributed by atoms with Crippen LogP contribution in [0.15, 0.2) is 0 Å². The summed E-state index contributed by atoms with van der Waals surface area (Å²) in [5, 5.41) is 0. The highest BCUT2D eigenvalue weighted by Crippen LogP contribution is 2.19. The molecule has 0 spiro atoms. The standard InChI is InChI=1S/C9H19N.C2H6/c1-3-5-9-6-4-7-10(2)8-9;1-2/h9H,3-8H2,1-2H3;1-2H3. The van der Waals surface area contributed by atoms with Gasteiger partial charge in [0.05, 0.1) is 0 Å². The summed E-state index contributed by atoms with van der Waals surface area (Å²) in [5.41, 5.74) is 0. The Morgan fingerprint density at radius 2 is 2.00 bits per heavy atom. The van der Waals surface area contributed by atoms with Crippen molar-refractivity contribution in [2.75, 3.05) is 20.1 Å². The molecule has 1 saturated heterocycles. The quantitative estimate of drug-likeness (QED) is 0.617. The van der Waals surface area contributed by atoms with Crippen molar-refractivity contribution in [1.29, 1.82) is 0 Å². The van der Waals surface area contributed by atoms with Gasteiger partial charge in [0.2, 0.25) is 0 Å². The maximum Gasteiger partial charge on any atom is 0.000661 e. The van der Waals surface area contributed by atoms with Crippen molar-refractivity contribution in [1.82, 2.24) is 4.90 Å². The zero-order chi connectivity index (χ0) is 9.40. The molecule has 0 radical (unpaired) electrons. The molecule has 0 bridgehead atoms. The first kappa shape index (κ1) is 12.0. The molecule has 1 rings (SSSR count). The van der Waals surface area contributed by atoms with E-state index in [1.807, 2.05) is 13.8 Å². The van der Waals surface area contributed by atoms with E-state index < -0.39 is 0 Å². The van der Waals surface area contributed by atoms with Crippen molar-refractivity contribution in [2.24, 2.45) is 5.92 Å². The first-order valence-electron chi connectivity index (χ1n) is 5.51. The van der Waals surface area contributed by atoms with Gasteiger partial charge in [0.1, 0.15) is 0 Å². The second-order valence-electron chi connectivity index (χ2n) is 3.56. The highest BCUT2D eigenvalue weighted by Gasteiger charge is 2.15. The lowest BCUT2D eigenvalue weighted by Gasteiger charge is -2.29. The van der Waals surface area contributed by atoms with E-state index in [9.17, 15) is 0 Å². The van der Waals surface area contributed by atoms with Gasteiger partial charge in [0.25, 0.3) is 0 Å². The Morgan fingerprint density at radius 1 is 1.33 bits per heavy atom. The van der Waals surface area contributed by atoms with Crippen LogP contribution in [0.3, 0.4) is 0 Å².